The highest BCUT2D eigenvalue weighted by atomic mass is 35.5. The van der Waals surface area contributed by atoms with Gasteiger partial charge in [-0.2, -0.15) is 0 Å². The summed E-state index contributed by atoms with van der Waals surface area (Å²) in [4.78, 5) is 0. The Morgan fingerprint density at radius 1 is 1.30 bits per heavy atom. The Morgan fingerprint density at radius 2 is 2.05 bits per heavy atom. The molecule has 0 aromatic heterocycles. The molecule has 2 N–H and O–H groups in total. The second-order valence-corrected chi connectivity index (χ2v) is 5.93. The highest BCUT2D eigenvalue weighted by molar-refractivity contribution is 6.33. The van der Waals surface area contributed by atoms with E-state index in [1.807, 2.05) is 6.07 Å². The van der Waals surface area contributed by atoms with E-state index in [0.29, 0.717) is 10.8 Å². The molecule has 0 heterocycles. The summed E-state index contributed by atoms with van der Waals surface area (Å²) in [6, 6.07) is 3.64. The number of ether oxygens (including phenoxy) is 1. The van der Waals surface area contributed by atoms with E-state index in [-0.39, 0.29) is 6.61 Å². The predicted molar refractivity (Wildman–Crippen MR) is 83.6 cm³/mol. The molecule has 0 spiro atoms. The van der Waals surface area contributed by atoms with E-state index in [1.165, 1.54) is 38.5 Å². The molecule has 1 aromatic rings. The van der Waals surface area contributed by atoms with Crippen molar-refractivity contribution in [1.29, 1.82) is 0 Å². The van der Waals surface area contributed by atoms with Crippen LogP contribution in [-0.4, -0.2) is 18.8 Å². The summed E-state index contributed by atoms with van der Waals surface area (Å²) >= 11 is 6.23. The van der Waals surface area contributed by atoms with Crippen LogP contribution >= 0.6 is 11.6 Å². The van der Waals surface area contributed by atoms with Gasteiger partial charge in [0.25, 0.3) is 0 Å². The molecule has 0 saturated heterocycles. The summed E-state index contributed by atoms with van der Waals surface area (Å²) in [6.45, 7) is 0.872. The number of benzene rings is 1. The molecular weight excluding hydrogens is 274 g/mol. The van der Waals surface area contributed by atoms with Crippen LogP contribution in [0, 0.1) is 5.92 Å². The lowest BCUT2D eigenvalue weighted by atomic mass is 9.87. The predicted octanol–water partition coefficient (Wildman–Crippen LogP) is 4.22. The van der Waals surface area contributed by atoms with Crippen molar-refractivity contribution in [1.82, 2.24) is 0 Å². The number of aliphatic hydroxyl groups excluding tert-OH is 1. The number of hydrogen-bond acceptors (Lipinski definition) is 3. The SMILES string of the molecule is COc1cc(NCCC2CCCCC2)c(Cl)cc1CO. The van der Waals surface area contributed by atoms with Crippen LogP contribution in [0.1, 0.15) is 44.1 Å². The average molecular weight is 298 g/mol. The van der Waals surface area contributed by atoms with Gasteiger partial charge in [-0.25, -0.2) is 0 Å². The largest absolute Gasteiger partial charge is 0.496 e. The fourth-order valence-electron chi connectivity index (χ4n) is 2.93. The maximum atomic E-state index is 9.25. The molecule has 0 atom stereocenters. The van der Waals surface area contributed by atoms with Gasteiger partial charge in [-0.1, -0.05) is 43.7 Å². The summed E-state index contributed by atoms with van der Waals surface area (Å²) in [5.41, 5.74) is 1.60. The van der Waals surface area contributed by atoms with Crippen molar-refractivity contribution in [2.45, 2.75) is 45.1 Å². The molecule has 1 aliphatic carbocycles. The van der Waals surface area contributed by atoms with Crippen molar-refractivity contribution in [3.63, 3.8) is 0 Å². The quantitative estimate of drug-likeness (QED) is 0.826. The van der Waals surface area contributed by atoms with Crippen LogP contribution in [0.25, 0.3) is 0 Å². The van der Waals surface area contributed by atoms with Gasteiger partial charge in [0.15, 0.2) is 0 Å². The van der Waals surface area contributed by atoms with Crippen molar-refractivity contribution in [2.75, 3.05) is 19.0 Å². The third-order valence-corrected chi connectivity index (χ3v) is 4.45. The molecule has 2 rings (SSSR count). The zero-order valence-corrected chi connectivity index (χ0v) is 12.9. The van der Waals surface area contributed by atoms with Crippen LogP contribution in [0.5, 0.6) is 5.75 Å². The van der Waals surface area contributed by atoms with Crippen LogP contribution in [0.2, 0.25) is 5.02 Å². The fourth-order valence-corrected chi connectivity index (χ4v) is 3.18. The third kappa shape index (κ3) is 4.03. The number of nitrogens with one attached hydrogen (secondary N) is 1. The van der Waals surface area contributed by atoms with Crippen molar-refractivity contribution < 1.29 is 9.84 Å². The second kappa shape index (κ2) is 7.75. The third-order valence-electron chi connectivity index (χ3n) is 4.13. The first kappa shape index (κ1) is 15.5. The van der Waals surface area contributed by atoms with Crippen LogP contribution < -0.4 is 10.1 Å². The van der Waals surface area contributed by atoms with E-state index in [0.717, 1.165) is 23.7 Å². The molecule has 0 unspecified atom stereocenters. The van der Waals surface area contributed by atoms with Gasteiger partial charge in [0, 0.05) is 18.2 Å². The first-order valence-electron chi connectivity index (χ1n) is 7.45. The van der Waals surface area contributed by atoms with E-state index in [2.05, 4.69) is 5.32 Å². The molecule has 1 aromatic carbocycles. The van der Waals surface area contributed by atoms with Crippen molar-refractivity contribution in [3.05, 3.63) is 22.7 Å². The summed E-state index contributed by atoms with van der Waals surface area (Å²) in [6.07, 6.45) is 8.08. The summed E-state index contributed by atoms with van der Waals surface area (Å²) < 4.78 is 5.27. The van der Waals surface area contributed by atoms with Gasteiger partial charge in [0.2, 0.25) is 0 Å². The first-order chi connectivity index (χ1) is 9.74. The summed E-state index contributed by atoms with van der Waals surface area (Å²) in [7, 11) is 1.61. The molecule has 3 nitrogen and oxygen atoms in total. The number of methoxy groups -OCH3 is 1. The molecule has 1 saturated carbocycles. The number of rotatable bonds is 6. The van der Waals surface area contributed by atoms with Crippen LogP contribution in [0.15, 0.2) is 12.1 Å². The minimum absolute atomic E-state index is 0.0642. The topological polar surface area (TPSA) is 41.5 Å². The van der Waals surface area contributed by atoms with E-state index < -0.39 is 0 Å². The van der Waals surface area contributed by atoms with Gasteiger partial charge >= 0.3 is 0 Å². The minimum Gasteiger partial charge on any atom is -0.496 e. The van der Waals surface area contributed by atoms with Gasteiger partial charge in [0.05, 0.1) is 24.4 Å². The Kier molecular flexibility index (Phi) is 5.99. The maximum Gasteiger partial charge on any atom is 0.126 e. The van der Waals surface area contributed by atoms with Gasteiger partial charge in [-0.15, -0.1) is 0 Å². The van der Waals surface area contributed by atoms with Crippen molar-refractivity contribution >= 4 is 17.3 Å². The highest BCUT2D eigenvalue weighted by Crippen LogP contribution is 2.32. The van der Waals surface area contributed by atoms with E-state index in [9.17, 15) is 5.11 Å². The molecular formula is C16H24ClNO2. The minimum atomic E-state index is -0.0642. The molecule has 4 heteroatoms. The fraction of sp³-hybridized carbons (Fsp3) is 0.625. The lowest BCUT2D eigenvalue weighted by Crippen LogP contribution is -2.12. The smallest absolute Gasteiger partial charge is 0.126 e. The molecule has 0 aliphatic heterocycles. The zero-order valence-electron chi connectivity index (χ0n) is 12.1. The Bertz CT molecular complexity index is 431. The Labute approximate surface area is 126 Å². The monoisotopic (exact) mass is 297 g/mol. The number of halogens is 1. The second-order valence-electron chi connectivity index (χ2n) is 5.52. The van der Waals surface area contributed by atoms with E-state index in [1.54, 1.807) is 13.2 Å². The van der Waals surface area contributed by atoms with Gasteiger partial charge < -0.3 is 15.2 Å². The zero-order chi connectivity index (χ0) is 14.4. The van der Waals surface area contributed by atoms with Gasteiger partial charge in [-0.05, 0) is 18.4 Å². The number of anilines is 1. The Morgan fingerprint density at radius 3 is 2.70 bits per heavy atom. The molecule has 1 aliphatic rings. The summed E-state index contributed by atoms with van der Waals surface area (Å²) in [5.74, 6) is 1.53. The molecule has 0 bridgehead atoms. The van der Waals surface area contributed by atoms with Crippen molar-refractivity contribution in [2.24, 2.45) is 5.92 Å². The average Bonchev–Trinajstić information content (AvgIpc) is 2.49. The number of hydrogen-bond donors (Lipinski definition) is 2. The summed E-state index contributed by atoms with van der Waals surface area (Å²) in [5, 5.41) is 13.3. The van der Waals surface area contributed by atoms with Gasteiger partial charge in [0.1, 0.15) is 5.75 Å². The van der Waals surface area contributed by atoms with Crippen LogP contribution in [0.4, 0.5) is 5.69 Å². The highest BCUT2D eigenvalue weighted by Gasteiger charge is 2.13. The molecule has 0 radical (unpaired) electrons. The van der Waals surface area contributed by atoms with Crippen LogP contribution in [0.3, 0.4) is 0 Å². The van der Waals surface area contributed by atoms with E-state index in [4.69, 9.17) is 16.3 Å². The lowest BCUT2D eigenvalue weighted by Gasteiger charge is -2.22. The molecule has 0 amide bonds. The Balaban J connectivity index is 1.91. The number of aliphatic hydroxyl groups is 1. The normalized spacial score (nSPS) is 16.1. The van der Waals surface area contributed by atoms with E-state index >= 15 is 0 Å². The first-order valence-corrected chi connectivity index (χ1v) is 7.83. The molecule has 20 heavy (non-hydrogen) atoms. The Hall–Kier alpha value is -0.930. The van der Waals surface area contributed by atoms with Crippen LogP contribution in [-0.2, 0) is 6.61 Å². The molecule has 1 fully saturated rings. The maximum absolute atomic E-state index is 9.25. The standard InChI is InChI=1S/C16H24ClNO2/c1-20-16-10-15(14(17)9-13(16)11-19)18-8-7-12-5-3-2-4-6-12/h9-10,12,18-19H,2-8,11H2,1H3. The molecule has 112 valence electrons. The lowest BCUT2D eigenvalue weighted by molar-refractivity contribution is 0.274. The van der Waals surface area contributed by atoms with Crippen molar-refractivity contribution in [3.8, 4) is 5.75 Å². The van der Waals surface area contributed by atoms with Gasteiger partial charge in [-0.3, -0.25) is 0 Å².